The summed E-state index contributed by atoms with van der Waals surface area (Å²) in [5, 5.41) is 16.1. The number of carbonyl (C=O) groups is 3. The molecule has 2 aromatic rings. The number of benzene rings is 1. The number of aliphatic hydroxyl groups excluding tert-OH is 1. The van der Waals surface area contributed by atoms with Crippen LogP contribution in [-0.4, -0.2) is 42.1 Å². The average molecular weight is 362 g/mol. The zero-order valence-corrected chi connectivity index (χ0v) is 14.1. The standard InChI is InChI=1S/C17H18N2O5S/c20-10-14(19-16(22)12-5-2-1-3-6-12)17(23)24-11-15(21)18-9-13-7-4-8-25-13/h1-8,14,20H,9-11H2,(H,18,21)(H,19,22). The number of hydrogen-bond acceptors (Lipinski definition) is 6. The Labute approximate surface area is 148 Å². The van der Waals surface area contributed by atoms with Gasteiger partial charge < -0.3 is 20.5 Å². The number of amides is 2. The number of thiophene rings is 1. The van der Waals surface area contributed by atoms with Crippen molar-refractivity contribution in [3.8, 4) is 0 Å². The van der Waals surface area contributed by atoms with Crippen LogP contribution in [0.25, 0.3) is 0 Å². The maximum atomic E-state index is 12.0. The van der Waals surface area contributed by atoms with Gasteiger partial charge in [0.25, 0.3) is 11.8 Å². The van der Waals surface area contributed by atoms with E-state index in [-0.39, 0.29) is 0 Å². The maximum absolute atomic E-state index is 12.0. The predicted molar refractivity (Wildman–Crippen MR) is 91.9 cm³/mol. The Kier molecular flexibility index (Phi) is 7.12. The van der Waals surface area contributed by atoms with E-state index in [1.807, 2.05) is 17.5 Å². The molecule has 1 aromatic carbocycles. The minimum Gasteiger partial charge on any atom is -0.454 e. The van der Waals surface area contributed by atoms with Crippen molar-refractivity contribution < 1.29 is 24.2 Å². The third-order valence-electron chi connectivity index (χ3n) is 3.19. The number of nitrogens with one attached hydrogen (secondary N) is 2. The highest BCUT2D eigenvalue weighted by atomic mass is 32.1. The quantitative estimate of drug-likeness (QED) is 0.600. The molecule has 1 heterocycles. The number of hydrogen-bond donors (Lipinski definition) is 3. The van der Waals surface area contributed by atoms with Gasteiger partial charge in [0.1, 0.15) is 0 Å². The van der Waals surface area contributed by atoms with Crippen LogP contribution in [0.4, 0.5) is 0 Å². The monoisotopic (exact) mass is 362 g/mol. The van der Waals surface area contributed by atoms with Crippen LogP contribution in [-0.2, 0) is 20.9 Å². The van der Waals surface area contributed by atoms with E-state index in [0.717, 1.165) is 4.88 Å². The molecule has 2 rings (SSSR count). The third-order valence-corrected chi connectivity index (χ3v) is 4.07. The van der Waals surface area contributed by atoms with Crippen molar-refractivity contribution in [3.63, 3.8) is 0 Å². The lowest BCUT2D eigenvalue weighted by atomic mass is 10.2. The molecule has 0 spiro atoms. The molecule has 1 aromatic heterocycles. The van der Waals surface area contributed by atoms with Crippen molar-refractivity contribution in [1.29, 1.82) is 0 Å². The van der Waals surface area contributed by atoms with E-state index >= 15 is 0 Å². The van der Waals surface area contributed by atoms with Gasteiger partial charge in [0, 0.05) is 10.4 Å². The molecule has 0 aliphatic rings. The summed E-state index contributed by atoms with van der Waals surface area (Å²) in [6.07, 6.45) is 0. The Morgan fingerprint density at radius 3 is 2.52 bits per heavy atom. The molecule has 0 aliphatic carbocycles. The van der Waals surface area contributed by atoms with Crippen molar-refractivity contribution in [3.05, 3.63) is 58.3 Å². The Balaban J connectivity index is 1.77. The molecule has 8 heteroatoms. The molecule has 132 valence electrons. The molecule has 7 nitrogen and oxygen atoms in total. The second-order valence-electron chi connectivity index (χ2n) is 5.04. The number of rotatable bonds is 8. The van der Waals surface area contributed by atoms with Gasteiger partial charge in [0.15, 0.2) is 12.6 Å². The van der Waals surface area contributed by atoms with Crippen molar-refractivity contribution >= 4 is 29.1 Å². The van der Waals surface area contributed by atoms with Crippen molar-refractivity contribution in [2.75, 3.05) is 13.2 Å². The van der Waals surface area contributed by atoms with Gasteiger partial charge in [-0.05, 0) is 23.6 Å². The third kappa shape index (κ3) is 6.02. The smallest absolute Gasteiger partial charge is 0.331 e. The summed E-state index contributed by atoms with van der Waals surface area (Å²) in [6, 6.07) is 10.8. The number of esters is 1. The van der Waals surface area contributed by atoms with Crippen molar-refractivity contribution in [2.45, 2.75) is 12.6 Å². The Morgan fingerprint density at radius 1 is 1.12 bits per heavy atom. The van der Waals surface area contributed by atoms with Crippen LogP contribution in [0.2, 0.25) is 0 Å². The van der Waals surface area contributed by atoms with E-state index in [9.17, 15) is 19.5 Å². The summed E-state index contributed by atoms with van der Waals surface area (Å²) in [7, 11) is 0. The molecule has 0 saturated heterocycles. The highest BCUT2D eigenvalue weighted by Crippen LogP contribution is 2.07. The molecule has 0 saturated carbocycles. The first kappa shape index (κ1) is 18.6. The van der Waals surface area contributed by atoms with Gasteiger partial charge in [-0.3, -0.25) is 9.59 Å². The van der Waals surface area contributed by atoms with Crippen molar-refractivity contribution in [1.82, 2.24) is 10.6 Å². The van der Waals surface area contributed by atoms with Gasteiger partial charge in [-0.15, -0.1) is 11.3 Å². The molecule has 0 radical (unpaired) electrons. The van der Waals surface area contributed by atoms with Gasteiger partial charge in [-0.25, -0.2) is 4.79 Å². The summed E-state index contributed by atoms with van der Waals surface area (Å²) in [4.78, 5) is 36.5. The topological polar surface area (TPSA) is 105 Å². The van der Waals surface area contributed by atoms with E-state index in [1.54, 1.807) is 30.3 Å². The van der Waals surface area contributed by atoms with E-state index in [0.29, 0.717) is 12.1 Å². The predicted octanol–water partition coefficient (Wildman–Crippen LogP) is 0.698. The molecule has 1 atom stereocenters. The number of carbonyl (C=O) groups excluding carboxylic acids is 3. The Hall–Kier alpha value is -2.71. The summed E-state index contributed by atoms with van der Waals surface area (Å²) in [5.74, 6) is -1.86. The molecule has 1 unspecified atom stereocenters. The van der Waals surface area contributed by atoms with Crippen LogP contribution in [0.3, 0.4) is 0 Å². The fourth-order valence-corrected chi connectivity index (χ4v) is 2.54. The summed E-state index contributed by atoms with van der Waals surface area (Å²) in [6.45, 7) is -0.766. The molecular weight excluding hydrogens is 344 g/mol. The second-order valence-corrected chi connectivity index (χ2v) is 6.07. The highest BCUT2D eigenvalue weighted by molar-refractivity contribution is 7.09. The first-order valence-corrected chi connectivity index (χ1v) is 8.40. The number of ether oxygens (including phenoxy) is 1. The average Bonchev–Trinajstić information content (AvgIpc) is 3.16. The lowest BCUT2D eigenvalue weighted by molar-refractivity contribution is -0.151. The van der Waals surface area contributed by atoms with E-state index in [1.165, 1.54) is 11.3 Å². The Morgan fingerprint density at radius 2 is 1.88 bits per heavy atom. The summed E-state index contributed by atoms with van der Waals surface area (Å²) in [5.41, 5.74) is 0.349. The molecule has 2 amide bonds. The minimum absolute atomic E-state index is 0.349. The van der Waals surface area contributed by atoms with Gasteiger partial charge in [-0.1, -0.05) is 24.3 Å². The van der Waals surface area contributed by atoms with Gasteiger partial charge >= 0.3 is 5.97 Å². The molecular formula is C17H18N2O5S. The molecule has 25 heavy (non-hydrogen) atoms. The SMILES string of the molecule is O=C(COC(=O)C(CO)NC(=O)c1ccccc1)NCc1cccs1. The van der Waals surface area contributed by atoms with E-state index in [4.69, 9.17) is 4.74 Å². The molecule has 0 fully saturated rings. The van der Waals surface area contributed by atoms with Crippen LogP contribution in [0.1, 0.15) is 15.2 Å². The molecule has 0 aliphatic heterocycles. The van der Waals surface area contributed by atoms with Gasteiger partial charge in [0.05, 0.1) is 13.2 Å². The zero-order chi connectivity index (χ0) is 18.1. The van der Waals surface area contributed by atoms with Crippen LogP contribution < -0.4 is 10.6 Å². The first-order chi connectivity index (χ1) is 12.1. The molecule has 0 bridgehead atoms. The first-order valence-electron chi connectivity index (χ1n) is 7.52. The van der Waals surface area contributed by atoms with Crippen molar-refractivity contribution in [2.24, 2.45) is 0 Å². The van der Waals surface area contributed by atoms with Crippen LogP contribution >= 0.6 is 11.3 Å². The Bertz CT molecular complexity index is 703. The fourth-order valence-electron chi connectivity index (χ4n) is 1.90. The summed E-state index contributed by atoms with van der Waals surface area (Å²) < 4.78 is 4.84. The molecule has 3 N–H and O–H groups in total. The lowest BCUT2D eigenvalue weighted by Crippen LogP contribution is -2.45. The largest absolute Gasteiger partial charge is 0.454 e. The zero-order valence-electron chi connectivity index (χ0n) is 13.3. The van der Waals surface area contributed by atoms with E-state index < -0.39 is 37.0 Å². The van der Waals surface area contributed by atoms with E-state index in [2.05, 4.69) is 10.6 Å². The van der Waals surface area contributed by atoms with Crippen LogP contribution in [0, 0.1) is 0 Å². The summed E-state index contributed by atoms with van der Waals surface area (Å²) >= 11 is 1.50. The van der Waals surface area contributed by atoms with Gasteiger partial charge in [-0.2, -0.15) is 0 Å². The number of aliphatic hydroxyl groups is 1. The van der Waals surface area contributed by atoms with Crippen LogP contribution in [0.15, 0.2) is 47.8 Å². The minimum atomic E-state index is -1.24. The fraction of sp³-hybridized carbons (Fsp3) is 0.235. The van der Waals surface area contributed by atoms with Crippen LogP contribution in [0.5, 0.6) is 0 Å². The second kappa shape index (κ2) is 9.55. The lowest BCUT2D eigenvalue weighted by Gasteiger charge is -2.15. The maximum Gasteiger partial charge on any atom is 0.331 e. The highest BCUT2D eigenvalue weighted by Gasteiger charge is 2.22. The van der Waals surface area contributed by atoms with Gasteiger partial charge in [0.2, 0.25) is 0 Å². The normalized spacial score (nSPS) is 11.4.